The molecule has 0 bridgehead atoms. The largest absolute Gasteiger partial charge is 0.486 e. The second kappa shape index (κ2) is 6.05. The van der Waals surface area contributed by atoms with E-state index in [0.717, 1.165) is 5.75 Å². The van der Waals surface area contributed by atoms with Gasteiger partial charge in [-0.1, -0.05) is 24.3 Å². The lowest BCUT2D eigenvalue weighted by atomic mass is 10.00. The van der Waals surface area contributed by atoms with Crippen molar-refractivity contribution >= 4 is 5.91 Å². The number of aryl methyl sites for hydroxylation is 1. The third-order valence-corrected chi connectivity index (χ3v) is 3.65. The molecule has 1 aliphatic heterocycles. The van der Waals surface area contributed by atoms with E-state index in [1.54, 1.807) is 12.1 Å². The van der Waals surface area contributed by atoms with Crippen LogP contribution in [-0.2, 0) is 6.42 Å². The first-order valence-electron chi connectivity index (χ1n) is 7.11. The maximum Gasteiger partial charge on any atom is 0.251 e. The van der Waals surface area contributed by atoms with Gasteiger partial charge in [-0.25, -0.2) is 4.39 Å². The summed E-state index contributed by atoms with van der Waals surface area (Å²) in [4.78, 5) is 11.4. The van der Waals surface area contributed by atoms with E-state index in [4.69, 9.17) is 15.2 Å². The highest BCUT2D eigenvalue weighted by Crippen LogP contribution is 2.32. The summed E-state index contributed by atoms with van der Waals surface area (Å²) < 4.78 is 25.2. The van der Waals surface area contributed by atoms with Gasteiger partial charge < -0.3 is 15.2 Å². The van der Waals surface area contributed by atoms with E-state index in [2.05, 4.69) is 0 Å². The molecule has 2 N–H and O–H groups in total. The first kappa shape index (κ1) is 14.4. The van der Waals surface area contributed by atoms with Gasteiger partial charge in [0.25, 0.3) is 5.91 Å². The minimum absolute atomic E-state index is 0.0420. The summed E-state index contributed by atoms with van der Waals surface area (Å²) in [5, 5.41) is 0. The van der Waals surface area contributed by atoms with Gasteiger partial charge in [-0.15, -0.1) is 0 Å². The number of fused-ring (bicyclic) bond motifs is 1. The predicted octanol–water partition coefficient (Wildman–Crippen LogP) is 2.70. The molecule has 5 heteroatoms. The minimum Gasteiger partial charge on any atom is -0.486 e. The van der Waals surface area contributed by atoms with E-state index < -0.39 is 11.7 Å². The van der Waals surface area contributed by atoms with E-state index in [-0.39, 0.29) is 11.7 Å². The van der Waals surface area contributed by atoms with Crippen molar-refractivity contribution in [2.75, 3.05) is 6.61 Å². The fourth-order valence-electron chi connectivity index (χ4n) is 2.57. The Labute approximate surface area is 127 Å². The molecule has 1 aliphatic rings. The minimum atomic E-state index is -0.751. The number of carbonyl (C=O) groups excluding carboxylic acids is 1. The van der Waals surface area contributed by atoms with Crippen LogP contribution < -0.4 is 15.2 Å². The Hall–Kier alpha value is -2.56. The highest BCUT2D eigenvalue weighted by Gasteiger charge is 2.21. The van der Waals surface area contributed by atoms with Crippen molar-refractivity contribution in [2.24, 2.45) is 5.73 Å². The maximum absolute atomic E-state index is 13.7. The molecule has 1 amide bonds. The fourth-order valence-corrected chi connectivity index (χ4v) is 2.57. The molecular weight excluding hydrogens is 285 g/mol. The second-order valence-electron chi connectivity index (χ2n) is 5.17. The molecule has 0 unspecified atom stereocenters. The van der Waals surface area contributed by atoms with Gasteiger partial charge in [-0.3, -0.25) is 4.79 Å². The molecule has 0 spiro atoms. The molecule has 4 nitrogen and oxygen atoms in total. The van der Waals surface area contributed by atoms with Gasteiger partial charge in [-0.2, -0.15) is 0 Å². The molecule has 22 heavy (non-hydrogen) atoms. The van der Waals surface area contributed by atoms with Crippen molar-refractivity contribution in [3.05, 3.63) is 59.4 Å². The number of halogens is 1. The van der Waals surface area contributed by atoms with E-state index in [0.29, 0.717) is 30.8 Å². The molecule has 2 aromatic rings. The zero-order valence-electron chi connectivity index (χ0n) is 11.9. The Kier molecular flexibility index (Phi) is 3.96. The van der Waals surface area contributed by atoms with Crippen LogP contribution >= 0.6 is 0 Å². The number of carbonyl (C=O) groups is 1. The van der Waals surface area contributed by atoms with Crippen molar-refractivity contribution in [3.63, 3.8) is 0 Å². The summed E-state index contributed by atoms with van der Waals surface area (Å²) in [5.41, 5.74) is 5.80. The van der Waals surface area contributed by atoms with Crippen LogP contribution in [0.5, 0.6) is 11.5 Å². The number of amides is 1. The Morgan fingerprint density at radius 1 is 1.18 bits per heavy atom. The molecule has 0 aliphatic carbocycles. The zero-order valence-corrected chi connectivity index (χ0v) is 11.9. The molecule has 2 aromatic carbocycles. The topological polar surface area (TPSA) is 61.6 Å². The summed E-state index contributed by atoms with van der Waals surface area (Å²) in [5.74, 6) is 0.0888. The summed E-state index contributed by atoms with van der Waals surface area (Å²) >= 11 is 0. The first-order valence-corrected chi connectivity index (χ1v) is 7.11. The highest BCUT2D eigenvalue weighted by atomic mass is 19.1. The number of para-hydroxylation sites is 2. The van der Waals surface area contributed by atoms with Crippen LogP contribution in [0.2, 0.25) is 0 Å². The molecular formula is C17H16FNO3. The number of hydrogen-bond donors (Lipinski definition) is 1. The third-order valence-electron chi connectivity index (χ3n) is 3.65. The van der Waals surface area contributed by atoms with Gasteiger partial charge in [0.1, 0.15) is 18.5 Å². The van der Waals surface area contributed by atoms with Gasteiger partial charge in [0.15, 0.2) is 11.5 Å². The standard InChI is InChI=1S/C17H16FNO3/c18-13-5-3-4-11(16(13)17(19)20)8-9-12-10-21-14-6-1-2-7-15(14)22-12/h1-7,12H,8-10H2,(H2,19,20)/t12-/m0/s1. The number of nitrogens with two attached hydrogens (primary N) is 1. The molecule has 1 atom stereocenters. The SMILES string of the molecule is NC(=O)c1c(F)cccc1CC[C@H]1COc2ccccc2O1. The summed E-state index contributed by atoms with van der Waals surface area (Å²) in [7, 11) is 0. The molecule has 0 fully saturated rings. The van der Waals surface area contributed by atoms with Gasteiger partial charge >= 0.3 is 0 Å². The fraction of sp³-hybridized carbons (Fsp3) is 0.235. The van der Waals surface area contributed by atoms with Crippen molar-refractivity contribution in [1.82, 2.24) is 0 Å². The van der Waals surface area contributed by atoms with Crippen LogP contribution in [0, 0.1) is 5.82 Å². The lowest BCUT2D eigenvalue weighted by molar-refractivity contribution is 0.0849. The van der Waals surface area contributed by atoms with Crippen LogP contribution in [0.1, 0.15) is 22.3 Å². The van der Waals surface area contributed by atoms with Gasteiger partial charge in [0.2, 0.25) is 0 Å². The van der Waals surface area contributed by atoms with Crippen molar-refractivity contribution in [3.8, 4) is 11.5 Å². The second-order valence-corrected chi connectivity index (χ2v) is 5.17. The van der Waals surface area contributed by atoms with Gasteiger partial charge in [0.05, 0.1) is 5.56 Å². The average molecular weight is 301 g/mol. The van der Waals surface area contributed by atoms with Gasteiger partial charge in [0, 0.05) is 0 Å². The van der Waals surface area contributed by atoms with E-state index in [1.807, 2.05) is 24.3 Å². The van der Waals surface area contributed by atoms with E-state index >= 15 is 0 Å². The lowest BCUT2D eigenvalue weighted by Gasteiger charge is -2.26. The summed E-state index contributed by atoms with van der Waals surface area (Å²) in [6, 6.07) is 12.0. The van der Waals surface area contributed by atoms with E-state index in [1.165, 1.54) is 6.07 Å². The Balaban J connectivity index is 1.70. The third kappa shape index (κ3) is 2.88. The smallest absolute Gasteiger partial charge is 0.251 e. The number of primary amides is 1. The lowest BCUT2D eigenvalue weighted by Crippen LogP contribution is -2.29. The molecule has 0 aromatic heterocycles. The molecule has 0 saturated heterocycles. The van der Waals surface area contributed by atoms with Gasteiger partial charge in [-0.05, 0) is 36.6 Å². The Bertz CT molecular complexity index is 702. The normalized spacial score (nSPS) is 16.3. The Morgan fingerprint density at radius 3 is 2.73 bits per heavy atom. The molecule has 0 radical (unpaired) electrons. The highest BCUT2D eigenvalue weighted by molar-refractivity contribution is 5.94. The zero-order chi connectivity index (χ0) is 15.5. The summed E-state index contributed by atoms with van der Waals surface area (Å²) in [6.07, 6.45) is 0.962. The molecule has 114 valence electrons. The van der Waals surface area contributed by atoms with Crippen LogP contribution in [-0.4, -0.2) is 18.6 Å². The van der Waals surface area contributed by atoms with Crippen LogP contribution in [0.25, 0.3) is 0 Å². The average Bonchev–Trinajstić information content (AvgIpc) is 2.52. The first-order chi connectivity index (χ1) is 10.6. The number of ether oxygens (including phenoxy) is 2. The molecule has 1 heterocycles. The monoisotopic (exact) mass is 301 g/mol. The molecule has 0 saturated carbocycles. The number of hydrogen-bond acceptors (Lipinski definition) is 3. The Morgan fingerprint density at radius 2 is 1.95 bits per heavy atom. The quantitative estimate of drug-likeness (QED) is 0.944. The van der Waals surface area contributed by atoms with Crippen LogP contribution in [0.3, 0.4) is 0 Å². The van der Waals surface area contributed by atoms with Crippen molar-refractivity contribution in [2.45, 2.75) is 18.9 Å². The van der Waals surface area contributed by atoms with Crippen molar-refractivity contribution < 1.29 is 18.7 Å². The van der Waals surface area contributed by atoms with Crippen molar-refractivity contribution in [1.29, 1.82) is 0 Å². The number of rotatable bonds is 4. The number of benzene rings is 2. The van der Waals surface area contributed by atoms with Crippen LogP contribution in [0.4, 0.5) is 4.39 Å². The van der Waals surface area contributed by atoms with E-state index in [9.17, 15) is 9.18 Å². The van der Waals surface area contributed by atoms with Crippen LogP contribution in [0.15, 0.2) is 42.5 Å². The maximum atomic E-state index is 13.7. The molecule has 3 rings (SSSR count). The summed E-state index contributed by atoms with van der Waals surface area (Å²) in [6.45, 7) is 0.429. The predicted molar refractivity (Wildman–Crippen MR) is 79.6 cm³/mol.